The monoisotopic (exact) mass is 296 g/mol. The van der Waals surface area contributed by atoms with Gasteiger partial charge in [-0.25, -0.2) is 4.39 Å². The Morgan fingerprint density at radius 1 is 1.30 bits per heavy atom. The minimum Gasteiger partial charge on any atom is -0.313 e. The number of nitrogens with zero attached hydrogens (tertiary/aromatic N) is 1. The van der Waals surface area contributed by atoms with Crippen LogP contribution in [-0.2, 0) is 0 Å². The summed E-state index contributed by atoms with van der Waals surface area (Å²) in [6.45, 7) is 6.75. The number of nitrogens with one attached hydrogen (secondary N) is 1. The number of likely N-dealkylation sites (N-methyl/N-ethyl adjacent to an activating group) is 1. The minimum absolute atomic E-state index is 0.159. The summed E-state index contributed by atoms with van der Waals surface area (Å²) in [5.41, 5.74) is 0. The van der Waals surface area contributed by atoms with Gasteiger partial charge in [-0.3, -0.25) is 0 Å². The van der Waals surface area contributed by atoms with Crippen molar-refractivity contribution in [3.63, 3.8) is 0 Å². The molecule has 112 valence electrons. The van der Waals surface area contributed by atoms with Crippen LogP contribution in [0.5, 0.6) is 0 Å². The lowest BCUT2D eigenvalue weighted by molar-refractivity contribution is 0.244. The molecule has 4 heteroatoms. The van der Waals surface area contributed by atoms with Crippen LogP contribution in [-0.4, -0.2) is 42.9 Å². The second-order valence-electron chi connectivity index (χ2n) is 5.34. The van der Waals surface area contributed by atoms with E-state index in [0.717, 1.165) is 30.3 Å². The minimum atomic E-state index is -0.159. The fourth-order valence-electron chi connectivity index (χ4n) is 2.59. The third-order valence-electron chi connectivity index (χ3n) is 3.83. The van der Waals surface area contributed by atoms with Gasteiger partial charge in [0.2, 0.25) is 0 Å². The molecule has 1 atom stereocenters. The van der Waals surface area contributed by atoms with Crippen LogP contribution < -0.4 is 5.32 Å². The van der Waals surface area contributed by atoms with E-state index < -0.39 is 0 Å². The quantitative estimate of drug-likeness (QED) is 0.777. The van der Waals surface area contributed by atoms with E-state index in [1.54, 1.807) is 11.8 Å². The second-order valence-corrected chi connectivity index (χ2v) is 6.51. The highest BCUT2D eigenvalue weighted by molar-refractivity contribution is 7.99. The average molecular weight is 296 g/mol. The van der Waals surface area contributed by atoms with Gasteiger partial charge in [0.05, 0.1) is 0 Å². The molecule has 1 heterocycles. The Hall–Kier alpha value is -0.580. The van der Waals surface area contributed by atoms with Gasteiger partial charge in [0.25, 0.3) is 0 Å². The summed E-state index contributed by atoms with van der Waals surface area (Å²) in [5, 5.41) is 3.61. The Labute approximate surface area is 126 Å². The largest absolute Gasteiger partial charge is 0.313 e. The van der Waals surface area contributed by atoms with Crippen LogP contribution in [0.15, 0.2) is 29.2 Å². The van der Waals surface area contributed by atoms with Crippen LogP contribution in [0.2, 0.25) is 0 Å². The Bertz CT molecular complexity index is 377. The molecule has 1 fully saturated rings. The SMILES string of the molecule is CCN(CCSc1ccc(F)cc1)CC1CCCCN1. The van der Waals surface area contributed by atoms with E-state index in [2.05, 4.69) is 17.1 Å². The summed E-state index contributed by atoms with van der Waals surface area (Å²) in [6.07, 6.45) is 3.99. The summed E-state index contributed by atoms with van der Waals surface area (Å²) in [6, 6.07) is 7.45. The molecule has 1 aliphatic heterocycles. The van der Waals surface area contributed by atoms with Crippen LogP contribution in [0, 0.1) is 5.82 Å². The number of benzene rings is 1. The third kappa shape index (κ3) is 5.43. The van der Waals surface area contributed by atoms with Crippen molar-refractivity contribution in [2.24, 2.45) is 0 Å². The summed E-state index contributed by atoms with van der Waals surface area (Å²) in [5.74, 6) is 0.902. The first-order valence-electron chi connectivity index (χ1n) is 7.62. The highest BCUT2D eigenvalue weighted by atomic mass is 32.2. The molecule has 0 spiro atoms. The fourth-order valence-corrected chi connectivity index (χ4v) is 3.51. The molecule has 2 rings (SSSR count). The normalized spacial score (nSPS) is 19.4. The highest BCUT2D eigenvalue weighted by Crippen LogP contribution is 2.18. The molecule has 0 bridgehead atoms. The molecule has 1 aromatic carbocycles. The number of halogens is 1. The van der Waals surface area contributed by atoms with Crippen molar-refractivity contribution in [2.75, 3.05) is 31.9 Å². The summed E-state index contributed by atoms with van der Waals surface area (Å²) in [4.78, 5) is 3.66. The number of piperidine rings is 1. The van der Waals surface area contributed by atoms with Gasteiger partial charge in [-0.2, -0.15) is 0 Å². The maximum Gasteiger partial charge on any atom is 0.123 e. The Kier molecular flexibility index (Phi) is 6.83. The molecule has 20 heavy (non-hydrogen) atoms. The molecule has 0 amide bonds. The molecular formula is C16H25FN2S. The molecule has 0 saturated carbocycles. The van der Waals surface area contributed by atoms with E-state index in [4.69, 9.17) is 0 Å². The molecule has 1 unspecified atom stereocenters. The van der Waals surface area contributed by atoms with Crippen molar-refractivity contribution >= 4 is 11.8 Å². The molecule has 1 aliphatic rings. The van der Waals surface area contributed by atoms with Gasteiger partial charge in [-0.15, -0.1) is 11.8 Å². The number of hydrogen-bond acceptors (Lipinski definition) is 3. The number of thioether (sulfide) groups is 1. The predicted octanol–water partition coefficient (Wildman–Crippen LogP) is 3.38. The van der Waals surface area contributed by atoms with Gasteiger partial charge in [0.1, 0.15) is 5.82 Å². The van der Waals surface area contributed by atoms with Gasteiger partial charge < -0.3 is 10.2 Å². The molecule has 2 nitrogen and oxygen atoms in total. The highest BCUT2D eigenvalue weighted by Gasteiger charge is 2.15. The van der Waals surface area contributed by atoms with Crippen LogP contribution in [0.1, 0.15) is 26.2 Å². The summed E-state index contributed by atoms with van der Waals surface area (Å²) >= 11 is 1.81. The van der Waals surface area contributed by atoms with Gasteiger partial charge in [0, 0.05) is 29.8 Å². The zero-order valence-corrected chi connectivity index (χ0v) is 13.1. The van der Waals surface area contributed by atoms with Crippen molar-refractivity contribution in [1.82, 2.24) is 10.2 Å². The van der Waals surface area contributed by atoms with Crippen molar-refractivity contribution < 1.29 is 4.39 Å². The van der Waals surface area contributed by atoms with Gasteiger partial charge in [0.15, 0.2) is 0 Å². The van der Waals surface area contributed by atoms with Crippen LogP contribution in [0.25, 0.3) is 0 Å². The average Bonchev–Trinajstić information content (AvgIpc) is 2.49. The zero-order chi connectivity index (χ0) is 14.2. The lowest BCUT2D eigenvalue weighted by Crippen LogP contribution is -2.44. The standard InChI is InChI=1S/C16H25FN2S/c1-2-19(13-15-5-3-4-10-18-15)11-12-20-16-8-6-14(17)7-9-16/h6-9,15,18H,2-5,10-13H2,1H3. The molecular weight excluding hydrogens is 271 g/mol. The first kappa shape index (κ1) is 15.8. The maximum atomic E-state index is 12.8. The van der Waals surface area contributed by atoms with Crippen LogP contribution >= 0.6 is 11.8 Å². The van der Waals surface area contributed by atoms with Crippen molar-refractivity contribution in [1.29, 1.82) is 0 Å². The lowest BCUT2D eigenvalue weighted by atomic mass is 10.0. The Balaban J connectivity index is 1.68. The predicted molar refractivity (Wildman–Crippen MR) is 84.9 cm³/mol. The maximum absolute atomic E-state index is 12.8. The molecule has 0 radical (unpaired) electrons. The molecule has 1 aromatic rings. The van der Waals surface area contributed by atoms with E-state index in [1.807, 2.05) is 12.1 Å². The first-order valence-corrected chi connectivity index (χ1v) is 8.60. The van der Waals surface area contributed by atoms with E-state index in [1.165, 1.54) is 37.9 Å². The fraction of sp³-hybridized carbons (Fsp3) is 0.625. The molecule has 1 saturated heterocycles. The molecule has 0 aliphatic carbocycles. The van der Waals surface area contributed by atoms with Crippen LogP contribution in [0.4, 0.5) is 4.39 Å². The van der Waals surface area contributed by atoms with E-state index in [0.29, 0.717) is 6.04 Å². The van der Waals surface area contributed by atoms with Crippen molar-refractivity contribution in [2.45, 2.75) is 37.1 Å². The number of rotatable bonds is 7. The zero-order valence-electron chi connectivity index (χ0n) is 12.3. The number of hydrogen-bond donors (Lipinski definition) is 1. The van der Waals surface area contributed by atoms with E-state index in [-0.39, 0.29) is 5.82 Å². The molecule has 1 N–H and O–H groups in total. The van der Waals surface area contributed by atoms with Gasteiger partial charge >= 0.3 is 0 Å². The summed E-state index contributed by atoms with van der Waals surface area (Å²) < 4.78 is 12.8. The van der Waals surface area contributed by atoms with E-state index >= 15 is 0 Å². The Morgan fingerprint density at radius 2 is 2.10 bits per heavy atom. The topological polar surface area (TPSA) is 15.3 Å². The summed E-state index contributed by atoms with van der Waals surface area (Å²) in [7, 11) is 0. The van der Waals surface area contributed by atoms with Crippen molar-refractivity contribution in [3.8, 4) is 0 Å². The van der Waals surface area contributed by atoms with Gasteiger partial charge in [-0.1, -0.05) is 13.3 Å². The lowest BCUT2D eigenvalue weighted by Gasteiger charge is -2.29. The third-order valence-corrected chi connectivity index (χ3v) is 4.82. The van der Waals surface area contributed by atoms with E-state index in [9.17, 15) is 4.39 Å². The van der Waals surface area contributed by atoms with Crippen LogP contribution in [0.3, 0.4) is 0 Å². The smallest absolute Gasteiger partial charge is 0.123 e. The van der Waals surface area contributed by atoms with Gasteiger partial charge in [-0.05, 0) is 50.2 Å². The second kappa shape index (κ2) is 8.65. The molecule has 0 aromatic heterocycles. The Morgan fingerprint density at radius 3 is 2.75 bits per heavy atom. The van der Waals surface area contributed by atoms with Crippen molar-refractivity contribution in [3.05, 3.63) is 30.1 Å². The first-order chi connectivity index (χ1) is 9.78.